The lowest BCUT2D eigenvalue weighted by Gasteiger charge is -2.44. The van der Waals surface area contributed by atoms with E-state index in [9.17, 15) is 4.79 Å². The van der Waals surface area contributed by atoms with Crippen molar-refractivity contribution in [2.24, 2.45) is 23.2 Å². The summed E-state index contributed by atoms with van der Waals surface area (Å²) in [7, 11) is -2.61. The van der Waals surface area contributed by atoms with Crippen LogP contribution in [0.3, 0.4) is 0 Å². The highest BCUT2D eigenvalue weighted by Gasteiger charge is 2.51. The van der Waals surface area contributed by atoms with Gasteiger partial charge in [0.05, 0.1) is 5.60 Å². The van der Waals surface area contributed by atoms with Gasteiger partial charge in [0.25, 0.3) is 0 Å². The van der Waals surface area contributed by atoms with E-state index in [-0.39, 0.29) is 21.5 Å². The van der Waals surface area contributed by atoms with E-state index in [2.05, 4.69) is 120 Å². The number of ketones is 1. The molecule has 3 aliphatic carbocycles. The minimum Gasteiger partial charge on any atom is -0.406 e. The van der Waals surface area contributed by atoms with Gasteiger partial charge in [0.15, 0.2) is 22.4 Å². The summed E-state index contributed by atoms with van der Waals surface area (Å²) in [4.78, 5) is 14.0. The number of fused-ring (bicyclic) bond motifs is 1. The van der Waals surface area contributed by atoms with Crippen molar-refractivity contribution in [3.63, 3.8) is 0 Å². The van der Waals surface area contributed by atoms with Crippen LogP contribution in [0.1, 0.15) is 121 Å². The Bertz CT molecular complexity index is 1130. The Morgan fingerprint density at radius 3 is 1.96 bits per heavy atom. The standard InChI is InChI=1S/C40H72O5Si2/c1-29(18-16-24-39(8,9)43-28-42-11)32-22-23-33-31(19-17-25-40(32,33)10)21-20-30-26-34(44-46(12,13)37(2,3)4)36(41)35(27-30)45-47(14,15)38(5,6)7/h16,18,20-21,29,32-35H,17,19,22-28H2,1-15H3/b18-16+,30-20?,31-21+/t29-,32?,33?,34-,35+,40?/m1/s1. The van der Waals surface area contributed by atoms with Crippen LogP contribution in [0.25, 0.3) is 0 Å². The number of rotatable bonds is 12. The van der Waals surface area contributed by atoms with Gasteiger partial charge >= 0.3 is 0 Å². The molecule has 3 rings (SSSR count). The third kappa shape index (κ3) is 9.91. The molecule has 0 bridgehead atoms. The first kappa shape index (κ1) is 40.6. The van der Waals surface area contributed by atoms with Gasteiger partial charge in [-0.2, -0.15) is 0 Å². The van der Waals surface area contributed by atoms with Crippen molar-refractivity contribution < 1.29 is 23.1 Å². The quantitative estimate of drug-likeness (QED) is 0.116. The van der Waals surface area contributed by atoms with Gasteiger partial charge < -0.3 is 18.3 Å². The van der Waals surface area contributed by atoms with Crippen molar-refractivity contribution in [1.82, 2.24) is 0 Å². The van der Waals surface area contributed by atoms with E-state index in [4.69, 9.17) is 18.3 Å². The number of ether oxygens (including phenoxy) is 2. The lowest BCUT2D eigenvalue weighted by atomic mass is 9.61. The molecule has 0 N–H and O–H groups in total. The maximum atomic E-state index is 14.0. The molecule has 0 aromatic carbocycles. The summed E-state index contributed by atoms with van der Waals surface area (Å²) in [6.07, 6.45) is 17.3. The van der Waals surface area contributed by atoms with Crippen molar-refractivity contribution >= 4 is 22.4 Å². The molecule has 0 radical (unpaired) electrons. The highest BCUT2D eigenvalue weighted by atomic mass is 28.4. The van der Waals surface area contributed by atoms with Crippen LogP contribution in [0.15, 0.2) is 35.5 Å². The van der Waals surface area contributed by atoms with E-state index in [0.717, 1.165) is 6.42 Å². The first-order chi connectivity index (χ1) is 21.4. The molecule has 0 amide bonds. The zero-order chi connectivity index (χ0) is 35.6. The molecule has 47 heavy (non-hydrogen) atoms. The summed E-state index contributed by atoms with van der Waals surface area (Å²) in [5.41, 5.74) is 3.01. The predicted molar refractivity (Wildman–Crippen MR) is 203 cm³/mol. The van der Waals surface area contributed by atoms with E-state index in [1.54, 1.807) is 12.7 Å². The number of carbonyl (C=O) groups is 1. The number of methoxy groups -OCH3 is 1. The minimum absolute atomic E-state index is 0.0399. The normalized spacial score (nSPS) is 30.8. The Morgan fingerprint density at radius 2 is 1.45 bits per heavy atom. The highest BCUT2D eigenvalue weighted by Crippen LogP contribution is 2.59. The van der Waals surface area contributed by atoms with Crippen LogP contribution in [0.4, 0.5) is 0 Å². The summed E-state index contributed by atoms with van der Waals surface area (Å²) in [5, 5.41) is 0.0799. The second-order valence-corrected chi connectivity index (χ2v) is 28.5. The second kappa shape index (κ2) is 15.2. The first-order valence-electron chi connectivity index (χ1n) is 18.5. The third-order valence-corrected chi connectivity index (χ3v) is 21.8. The van der Waals surface area contributed by atoms with Crippen molar-refractivity contribution in [2.45, 2.75) is 175 Å². The fraction of sp³-hybridized carbons (Fsp3) is 0.825. The molecule has 5 nitrogen and oxygen atoms in total. The lowest BCUT2D eigenvalue weighted by molar-refractivity contribution is -0.135. The summed E-state index contributed by atoms with van der Waals surface area (Å²) in [6, 6.07) is 0. The van der Waals surface area contributed by atoms with Crippen LogP contribution in [-0.2, 0) is 23.1 Å². The van der Waals surface area contributed by atoms with Gasteiger partial charge in [-0.05, 0) is 112 Å². The van der Waals surface area contributed by atoms with Crippen LogP contribution in [-0.4, -0.2) is 54.1 Å². The molecule has 0 aliphatic heterocycles. The van der Waals surface area contributed by atoms with E-state index in [1.807, 2.05) is 0 Å². The Balaban J connectivity index is 1.84. The molecule has 6 atom stereocenters. The largest absolute Gasteiger partial charge is 0.406 e. The number of Topliss-reactive ketones (excluding diaryl/α,β-unsaturated/α-hetero) is 1. The number of hydrogen-bond acceptors (Lipinski definition) is 5. The molecular weight excluding hydrogens is 617 g/mol. The monoisotopic (exact) mass is 688 g/mol. The van der Waals surface area contributed by atoms with Crippen molar-refractivity contribution in [3.05, 3.63) is 35.5 Å². The van der Waals surface area contributed by atoms with Gasteiger partial charge in [-0.15, -0.1) is 0 Å². The summed E-state index contributed by atoms with van der Waals surface area (Å²) in [5.74, 6) is 2.00. The van der Waals surface area contributed by atoms with Crippen molar-refractivity contribution in [3.8, 4) is 0 Å². The highest BCUT2D eigenvalue weighted by molar-refractivity contribution is 6.74. The van der Waals surface area contributed by atoms with E-state index in [1.165, 1.54) is 37.7 Å². The molecular formula is C40H72O5Si2. The Morgan fingerprint density at radius 1 is 0.894 bits per heavy atom. The van der Waals surface area contributed by atoms with E-state index in [0.29, 0.717) is 42.8 Å². The lowest BCUT2D eigenvalue weighted by Crippen LogP contribution is -2.53. The molecule has 0 aromatic heterocycles. The molecule has 270 valence electrons. The topological polar surface area (TPSA) is 54.0 Å². The van der Waals surface area contributed by atoms with Crippen LogP contribution in [0.5, 0.6) is 0 Å². The minimum atomic E-state index is -2.14. The average molecular weight is 689 g/mol. The van der Waals surface area contributed by atoms with Gasteiger partial charge in [0.1, 0.15) is 19.0 Å². The molecule has 3 saturated carbocycles. The average Bonchev–Trinajstić information content (AvgIpc) is 3.29. The maximum absolute atomic E-state index is 14.0. The second-order valence-electron chi connectivity index (χ2n) is 19.0. The fourth-order valence-electron chi connectivity index (χ4n) is 7.71. The number of hydrogen-bond donors (Lipinski definition) is 0. The SMILES string of the molecule is COCOC(C)(C)C/C=C/[C@@H](C)C1CCC2/C(=C/C=C3C[C@H](O[Si](C)(C)C(C)(C)C)C(=O)[C@H](O[Si](C)(C)C(C)(C)C)C3)CCCC21C. The Kier molecular flexibility index (Phi) is 13.1. The van der Waals surface area contributed by atoms with Crippen LogP contribution < -0.4 is 0 Å². The molecule has 0 heterocycles. The smallest absolute Gasteiger partial charge is 0.193 e. The fourth-order valence-corrected chi connectivity index (χ4v) is 10.2. The van der Waals surface area contributed by atoms with E-state index >= 15 is 0 Å². The zero-order valence-corrected chi connectivity index (χ0v) is 35.1. The van der Waals surface area contributed by atoms with Gasteiger partial charge in [-0.3, -0.25) is 4.79 Å². The molecule has 0 spiro atoms. The van der Waals surface area contributed by atoms with Crippen molar-refractivity contribution in [1.29, 1.82) is 0 Å². The van der Waals surface area contributed by atoms with Crippen molar-refractivity contribution in [2.75, 3.05) is 13.9 Å². The third-order valence-electron chi connectivity index (χ3n) is 12.8. The Hall–Kier alpha value is -0.836. The molecule has 3 unspecified atom stereocenters. The van der Waals surface area contributed by atoms with E-state index < -0.39 is 28.8 Å². The zero-order valence-electron chi connectivity index (χ0n) is 33.1. The predicted octanol–water partition coefficient (Wildman–Crippen LogP) is 11.2. The molecule has 3 fully saturated rings. The van der Waals surface area contributed by atoms with Gasteiger partial charge in [0.2, 0.25) is 0 Å². The molecule has 0 aromatic rings. The van der Waals surface area contributed by atoms with Crippen LogP contribution in [0.2, 0.25) is 36.3 Å². The number of carbonyl (C=O) groups excluding carboxylic acids is 1. The number of allylic oxidation sites excluding steroid dienone is 4. The van der Waals surface area contributed by atoms with Gasteiger partial charge in [0, 0.05) is 20.0 Å². The molecule has 3 aliphatic rings. The van der Waals surface area contributed by atoms with Crippen LogP contribution in [0, 0.1) is 23.2 Å². The van der Waals surface area contributed by atoms with Gasteiger partial charge in [-0.1, -0.05) is 90.8 Å². The Labute approximate surface area is 292 Å². The molecule has 7 heteroatoms. The molecule has 0 saturated heterocycles. The summed E-state index contributed by atoms with van der Waals surface area (Å²) < 4.78 is 24.7. The first-order valence-corrected chi connectivity index (χ1v) is 24.3. The summed E-state index contributed by atoms with van der Waals surface area (Å²) >= 11 is 0. The summed E-state index contributed by atoms with van der Waals surface area (Å²) in [6.45, 7) is 32.1. The van der Waals surface area contributed by atoms with Gasteiger partial charge in [-0.25, -0.2) is 0 Å². The maximum Gasteiger partial charge on any atom is 0.193 e. The van der Waals surface area contributed by atoms with Crippen LogP contribution >= 0.6 is 0 Å².